The summed E-state index contributed by atoms with van der Waals surface area (Å²) < 4.78 is 19.7. The van der Waals surface area contributed by atoms with Crippen molar-refractivity contribution in [3.63, 3.8) is 0 Å². The van der Waals surface area contributed by atoms with Crippen LogP contribution in [0.3, 0.4) is 0 Å². The maximum absolute atomic E-state index is 14.0. The number of hydrogen-bond acceptors (Lipinski definition) is 2. The quantitative estimate of drug-likeness (QED) is 0.872. The van der Waals surface area contributed by atoms with Crippen molar-refractivity contribution in [3.05, 3.63) is 35.1 Å². The van der Waals surface area contributed by atoms with E-state index in [4.69, 9.17) is 4.74 Å². The second-order valence-electron chi connectivity index (χ2n) is 4.86. The molecule has 2 rings (SSSR count). The van der Waals surface area contributed by atoms with E-state index in [1.54, 1.807) is 20.1 Å². The van der Waals surface area contributed by atoms with Crippen LogP contribution in [0.25, 0.3) is 0 Å². The number of piperidine rings is 1. The summed E-state index contributed by atoms with van der Waals surface area (Å²) >= 11 is 0. The highest BCUT2D eigenvalue weighted by Crippen LogP contribution is 2.28. The Hall–Kier alpha value is -0.930. The highest BCUT2D eigenvalue weighted by atomic mass is 19.1. The van der Waals surface area contributed by atoms with Crippen LogP contribution in [-0.2, 0) is 11.2 Å². The molecule has 3 heteroatoms. The molecule has 1 heterocycles. The van der Waals surface area contributed by atoms with E-state index in [0.29, 0.717) is 12.0 Å². The van der Waals surface area contributed by atoms with Crippen LogP contribution >= 0.6 is 0 Å². The zero-order valence-corrected chi connectivity index (χ0v) is 10.6. The molecule has 0 saturated carbocycles. The molecule has 0 atom stereocenters. The first kappa shape index (κ1) is 12.5. The van der Waals surface area contributed by atoms with Crippen molar-refractivity contribution in [3.8, 4) is 0 Å². The lowest BCUT2D eigenvalue weighted by Gasteiger charge is -2.36. The molecule has 0 spiro atoms. The van der Waals surface area contributed by atoms with Crippen molar-refractivity contribution < 1.29 is 9.13 Å². The fourth-order valence-corrected chi connectivity index (χ4v) is 2.53. The summed E-state index contributed by atoms with van der Waals surface area (Å²) in [5.74, 6) is -0.0811. The Kier molecular flexibility index (Phi) is 3.79. The topological polar surface area (TPSA) is 21.3 Å². The molecule has 17 heavy (non-hydrogen) atoms. The summed E-state index contributed by atoms with van der Waals surface area (Å²) in [4.78, 5) is 0. The van der Waals surface area contributed by atoms with Gasteiger partial charge in [-0.15, -0.1) is 0 Å². The highest BCUT2D eigenvalue weighted by molar-refractivity contribution is 5.26. The van der Waals surface area contributed by atoms with Crippen LogP contribution < -0.4 is 5.32 Å². The van der Waals surface area contributed by atoms with E-state index >= 15 is 0 Å². The van der Waals surface area contributed by atoms with Crippen LogP contribution in [0.1, 0.15) is 24.0 Å². The van der Waals surface area contributed by atoms with E-state index in [0.717, 1.165) is 31.5 Å². The average molecular weight is 237 g/mol. The lowest BCUT2D eigenvalue weighted by molar-refractivity contribution is -0.0339. The Morgan fingerprint density at radius 3 is 2.71 bits per heavy atom. The summed E-state index contributed by atoms with van der Waals surface area (Å²) in [6, 6.07) is 5.59. The Bertz CT molecular complexity index is 386. The monoisotopic (exact) mass is 237 g/mol. The number of nitrogens with one attached hydrogen (secondary N) is 1. The number of rotatable bonds is 3. The smallest absolute Gasteiger partial charge is 0.129 e. The second kappa shape index (κ2) is 5.15. The number of methoxy groups -OCH3 is 1. The molecule has 2 nitrogen and oxygen atoms in total. The molecule has 1 aliphatic rings. The van der Waals surface area contributed by atoms with E-state index in [-0.39, 0.29) is 11.4 Å². The molecule has 1 aromatic carbocycles. The number of ether oxygens (including phenoxy) is 1. The summed E-state index contributed by atoms with van der Waals surface area (Å²) in [6.07, 6.45) is 2.55. The van der Waals surface area contributed by atoms with E-state index < -0.39 is 0 Å². The summed E-state index contributed by atoms with van der Waals surface area (Å²) in [5.41, 5.74) is 1.29. The zero-order valence-electron chi connectivity index (χ0n) is 10.6. The average Bonchev–Trinajstić information content (AvgIpc) is 2.36. The molecule has 1 N–H and O–H groups in total. The molecular formula is C14H20FNO. The maximum Gasteiger partial charge on any atom is 0.129 e. The Labute approximate surface area is 102 Å². The number of halogens is 1. The Morgan fingerprint density at radius 2 is 2.06 bits per heavy atom. The van der Waals surface area contributed by atoms with Crippen LogP contribution in [0.15, 0.2) is 18.2 Å². The molecule has 0 radical (unpaired) electrons. The van der Waals surface area contributed by atoms with E-state index in [1.807, 2.05) is 12.1 Å². The molecule has 0 aliphatic carbocycles. The van der Waals surface area contributed by atoms with Gasteiger partial charge in [-0.2, -0.15) is 0 Å². The van der Waals surface area contributed by atoms with Gasteiger partial charge in [0.1, 0.15) is 5.82 Å². The van der Waals surface area contributed by atoms with Crippen LogP contribution in [0.2, 0.25) is 0 Å². The van der Waals surface area contributed by atoms with Gasteiger partial charge in [-0.05, 0) is 44.0 Å². The first-order valence-electron chi connectivity index (χ1n) is 6.17. The predicted octanol–water partition coefficient (Wildman–Crippen LogP) is 2.45. The third-order valence-electron chi connectivity index (χ3n) is 3.73. The minimum atomic E-state index is -0.195. The zero-order chi connectivity index (χ0) is 12.3. The fraction of sp³-hybridized carbons (Fsp3) is 0.571. The SMILES string of the molecule is COC1(Cc2cccc(C)c2F)CCNCC1. The summed E-state index contributed by atoms with van der Waals surface area (Å²) in [6.45, 7) is 3.70. The van der Waals surface area contributed by atoms with Gasteiger partial charge in [0.25, 0.3) is 0 Å². The molecule has 0 amide bonds. The highest BCUT2D eigenvalue weighted by Gasteiger charge is 2.32. The number of benzene rings is 1. The molecule has 1 aliphatic heterocycles. The van der Waals surface area contributed by atoms with Crippen LogP contribution in [0, 0.1) is 12.7 Å². The van der Waals surface area contributed by atoms with E-state index in [2.05, 4.69) is 5.32 Å². The predicted molar refractivity (Wildman–Crippen MR) is 66.7 cm³/mol. The number of hydrogen-bond donors (Lipinski definition) is 1. The van der Waals surface area contributed by atoms with E-state index in [9.17, 15) is 4.39 Å². The van der Waals surface area contributed by atoms with Crippen molar-refractivity contribution in [1.29, 1.82) is 0 Å². The van der Waals surface area contributed by atoms with E-state index in [1.165, 1.54) is 0 Å². The Morgan fingerprint density at radius 1 is 1.35 bits per heavy atom. The van der Waals surface area contributed by atoms with Crippen LogP contribution in [0.5, 0.6) is 0 Å². The second-order valence-corrected chi connectivity index (χ2v) is 4.86. The van der Waals surface area contributed by atoms with Gasteiger partial charge in [-0.3, -0.25) is 0 Å². The third-order valence-corrected chi connectivity index (χ3v) is 3.73. The van der Waals surface area contributed by atoms with Gasteiger partial charge in [-0.1, -0.05) is 18.2 Å². The van der Waals surface area contributed by atoms with Gasteiger partial charge in [0.15, 0.2) is 0 Å². The van der Waals surface area contributed by atoms with Crippen molar-refractivity contribution in [2.45, 2.75) is 31.8 Å². The largest absolute Gasteiger partial charge is 0.378 e. The number of aryl methyl sites for hydroxylation is 1. The summed E-state index contributed by atoms with van der Waals surface area (Å²) in [7, 11) is 1.74. The lowest BCUT2D eigenvalue weighted by atomic mass is 9.85. The Balaban J connectivity index is 2.20. The minimum Gasteiger partial charge on any atom is -0.378 e. The van der Waals surface area contributed by atoms with Crippen LogP contribution in [-0.4, -0.2) is 25.8 Å². The van der Waals surface area contributed by atoms with Gasteiger partial charge in [-0.25, -0.2) is 4.39 Å². The normalized spacial score (nSPS) is 19.2. The van der Waals surface area contributed by atoms with Gasteiger partial charge in [0, 0.05) is 13.5 Å². The molecule has 1 saturated heterocycles. The molecular weight excluding hydrogens is 217 g/mol. The van der Waals surface area contributed by atoms with Crippen molar-refractivity contribution in [1.82, 2.24) is 5.32 Å². The van der Waals surface area contributed by atoms with Gasteiger partial charge < -0.3 is 10.1 Å². The van der Waals surface area contributed by atoms with Crippen molar-refractivity contribution in [2.24, 2.45) is 0 Å². The molecule has 94 valence electrons. The third kappa shape index (κ3) is 2.67. The van der Waals surface area contributed by atoms with Gasteiger partial charge in [0.2, 0.25) is 0 Å². The summed E-state index contributed by atoms with van der Waals surface area (Å²) in [5, 5.41) is 3.31. The maximum atomic E-state index is 14.0. The minimum absolute atomic E-state index is 0.0811. The van der Waals surface area contributed by atoms with Crippen molar-refractivity contribution >= 4 is 0 Å². The standard InChI is InChI=1S/C14H20FNO/c1-11-4-3-5-12(13(11)15)10-14(17-2)6-8-16-9-7-14/h3-5,16H,6-10H2,1-2H3. The molecule has 1 fully saturated rings. The first-order chi connectivity index (χ1) is 8.17. The van der Waals surface area contributed by atoms with Gasteiger partial charge in [0.05, 0.1) is 5.60 Å². The first-order valence-corrected chi connectivity index (χ1v) is 6.17. The van der Waals surface area contributed by atoms with Gasteiger partial charge >= 0.3 is 0 Å². The lowest BCUT2D eigenvalue weighted by Crippen LogP contribution is -2.45. The van der Waals surface area contributed by atoms with Crippen LogP contribution in [0.4, 0.5) is 4.39 Å². The molecule has 0 aromatic heterocycles. The molecule has 0 unspecified atom stereocenters. The molecule has 1 aromatic rings. The fourth-order valence-electron chi connectivity index (χ4n) is 2.53. The molecule has 0 bridgehead atoms. The van der Waals surface area contributed by atoms with Crippen molar-refractivity contribution in [2.75, 3.05) is 20.2 Å².